The lowest BCUT2D eigenvalue weighted by atomic mass is 9.95. The highest BCUT2D eigenvalue weighted by Crippen LogP contribution is 2.36. The minimum absolute atomic E-state index is 1.13. The zero-order chi connectivity index (χ0) is 30.0. The van der Waals surface area contributed by atoms with Gasteiger partial charge in [-0.25, -0.2) is 0 Å². The molecule has 1 heteroatoms. The third-order valence-electron chi connectivity index (χ3n) is 8.61. The second-order valence-electron chi connectivity index (χ2n) is 11.5. The Kier molecular flexibility index (Phi) is 6.90. The van der Waals surface area contributed by atoms with Crippen molar-refractivity contribution in [3.63, 3.8) is 0 Å². The van der Waals surface area contributed by atoms with E-state index in [1.165, 1.54) is 54.9 Å². The maximum Gasteiger partial charge on any atom is 0.0462 e. The maximum atomic E-state index is 2.32. The third kappa shape index (κ3) is 5.37. The van der Waals surface area contributed by atoms with Crippen LogP contribution in [0.25, 0.3) is 54.9 Å². The summed E-state index contributed by atoms with van der Waals surface area (Å²) in [6.45, 7) is 0. The summed E-state index contributed by atoms with van der Waals surface area (Å²) in [4.78, 5) is 2.29. The molecular weight excluding hydrogens is 542 g/mol. The van der Waals surface area contributed by atoms with E-state index < -0.39 is 0 Å². The molecule has 212 valence electrons. The summed E-state index contributed by atoms with van der Waals surface area (Å²) < 4.78 is 0. The van der Waals surface area contributed by atoms with Gasteiger partial charge < -0.3 is 4.90 Å². The Bertz CT molecular complexity index is 2180. The molecule has 0 aliphatic heterocycles. The van der Waals surface area contributed by atoms with Gasteiger partial charge in [0.15, 0.2) is 0 Å². The predicted molar refractivity (Wildman–Crippen MR) is 192 cm³/mol. The first-order chi connectivity index (χ1) is 22.3. The van der Waals surface area contributed by atoms with E-state index >= 15 is 0 Å². The fraction of sp³-hybridized carbons (Fsp3) is 0. The van der Waals surface area contributed by atoms with Gasteiger partial charge in [-0.3, -0.25) is 0 Å². The van der Waals surface area contributed by atoms with E-state index in [9.17, 15) is 0 Å². The highest BCUT2D eigenvalue weighted by atomic mass is 15.1. The van der Waals surface area contributed by atoms with Crippen molar-refractivity contribution in [3.8, 4) is 33.4 Å². The monoisotopic (exact) mass is 573 g/mol. The summed E-state index contributed by atoms with van der Waals surface area (Å²) in [5.74, 6) is 0. The molecule has 8 aromatic carbocycles. The molecule has 0 unspecified atom stereocenters. The molecule has 0 atom stereocenters. The lowest BCUT2D eigenvalue weighted by molar-refractivity contribution is 1.28. The summed E-state index contributed by atoms with van der Waals surface area (Å²) >= 11 is 0. The quantitative estimate of drug-likeness (QED) is 0.179. The van der Waals surface area contributed by atoms with Crippen LogP contribution < -0.4 is 4.90 Å². The first kappa shape index (κ1) is 26.7. The molecule has 0 fully saturated rings. The molecule has 0 aromatic heterocycles. The summed E-state index contributed by atoms with van der Waals surface area (Å²) in [5, 5.41) is 5.00. The third-order valence-corrected chi connectivity index (χ3v) is 8.61. The minimum atomic E-state index is 1.13. The molecule has 8 rings (SSSR count). The van der Waals surface area contributed by atoms with Crippen LogP contribution in [0, 0.1) is 0 Å². The van der Waals surface area contributed by atoms with Crippen molar-refractivity contribution >= 4 is 38.6 Å². The van der Waals surface area contributed by atoms with Crippen LogP contribution in [0.2, 0.25) is 0 Å². The van der Waals surface area contributed by atoms with Crippen LogP contribution in [-0.2, 0) is 0 Å². The zero-order valence-corrected chi connectivity index (χ0v) is 24.8. The molecule has 0 N–H and O–H groups in total. The van der Waals surface area contributed by atoms with Gasteiger partial charge in [0.25, 0.3) is 0 Å². The fourth-order valence-electron chi connectivity index (χ4n) is 6.25. The molecule has 0 saturated heterocycles. The van der Waals surface area contributed by atoms with E-state index in [4.69, 9.17) is 0 Å². The Labute approximate surface area is 264 Å². The SMILES string of the molecule is c1ccc(-c2ccc(-c3ccc4cc5cc(-c6ccc(N(c7ccccc7)c7ccccc7)cc6)ccc5cc4c3)cc2)cc1. The van der Waals surface area contributed by atoms with Crippen LogP contribution in [0.4, 0.5) is 17.1 Å². The van der Waals surface area contributed by atoms with Gasteiger partial charge in [0.1, 0.15) is 0 Å². The number of nitrogens with zero attached hydrogens (tertiary/aromatic N) is 1. The second kappa shape index (κ2) is 11.6. The first-order valence-electron chi connectivity index (χ1n) is 15.4. The molecular formula is C44H31N. The largest absolute Gasteiger partial charge is 0.311 e. The number of fused-ring (bicyclic) bond motifs is 2. The average molecular weight is 574 g/mol. The molecule has 0 amide bonds. The van der Waals surface area contributed by atoms with Crippen LogP contribution >= 0.6 is 0 Å². The Morgan fingerprint density at radius 2 is 0.556 bits per heavy atom. The Balaban J connectivity index is 1.09. The molecule has 0 saturated carbocycles. The number of hydrogen-bond donors (Lipinski definition) is 0. The van der Waals surface area contributed by atoms with Crippen LogP contribution in [0.5, 0.6) is 0 Å². The minimum Gasteiger partial charge on any atom is -0.311 e. The number of benzene rings is 8. The van der Waals surface area contributed by atoms with Gasteiger partial charge in [0, 0.05) is 17.1 Å². The van der Waals surface area contributed by atoms with Crippen LogP contribution in [0.15, 0.2) is 188 Å². The van der Waals surface area contributed by atoms with Gasteiger partial charge in [-0.15, -0.1) is 0 Å². The van der Waals surface area contributed by atoms with Crippen molar-refractivity contribution in [2.24, 2.45) is 0 Å². The Morgan fingerprint density at radius 3 is 1.02 bits per heavy atom. The molecule has 0 spiro atoms. The van der Waals surface area contributed by atoms with Crippen molar-refractivity contribution in [3.05, 3.63) is 188 Å². The highest BCUT2D eigenvalue weighted by Gasteiger charge is 2.12. The number of para-hydroxylation sites is 2. The fourth-order valence-corrected chi connectivity index (χ4v) is 6.25. The van der Waals surface area contributed by atoms with Crippen LogP contribution in [0.1, 0.15) is 0 Å². The molecule has 8 aromatic rings. The summed E-state index contributed by atoms with van der Waals surface area (Å²) in [5.41, 5.74) is 10.8. The Hall–Kier alpha value is -5.92. The van der Waals surface area contributed by atoms with Crippen molar-refractivity contribution < 1.29 is 0 Å². The first-order valence-corrected chi connectivity index (χ1v) is 15.4. The van der Waals surface area contributed by atoms with E-state index in [-0.39, 0.29) is 0 Å². The van der Waals surface area contributed by atoms with Crippen molar-refractivity contribution in [2.75, 3.05) is 4.90 Å². The van der Waals surface area contributed by atoms with Gasteiger partial charge in [-0.05, 0) is 116 Å². The van der Waals surface area contributed by atoms with Gasteiger partial charge in [0.05, 0.1) is 0 Å². The zero-order valence-electron chi connectivity index (χ0n) is 24.8. The van der Waals surface area contributed by atoms with Crippen molar-refractivity contribution in [2.45, 2.75) is 0 Å². The summed E-state index contributed by atoms with van der Waals surface area (Å²) in [6.07, 6.45) is 0. The number of rotatable bonds is 6. The molecule has 0 aliphatic carbocycles. The van der Waals surface area contributed by atoms with Gasteiger partial charge >= 0.3 is 0 Å². The summed E-state index contributed by atoms with van der Waals surface area (Å²) in [7, 11) is 0. The van der Waals surface area contributed by atoms with Crippen LogP contribution in [-0.4, -0.2) is 0 Å². The van der Waals surface area contributed by atoms with Gasteiger partial charge in [-0.2, -0.15) is 0 Å². The predicted octanol–water partition coefficient (Wildman–Crippen LogP) is 12.5. The smallest absolute Gasteiger partial charge is 0.0462 e. The van der Waals surface area contributed by atoms with E-state index in [0.717, 1.165) is 17.1 Å². The van der Waals surface area contributed by atoms with E-state index in [1.54, 1.807) is 0 Å². The Morgan fingerprint density at radius 1 is 0.222 bits per heavy atom. The lowest BCUT2D eigenvalue weighted by Gasteiger charge is -2.25. The van der Waals surface area contributed by atoms with Crippen molar-refractivity contribution in [1.82, 2.24) is 0 Å². The van der Waals surface area contributed by atoms with Gasteiger partial charge in [0.2, 0.25) is 0 Å². The van der Waals surface area contributed by atoms with E-state index in [2.05, 4.69) is 193 Å². The second-order valence-corrected chi connectivity index (χ2v) is 11.5. The lowest BCUT2D eigenvalue weighted by Crippen LogP contribution is -2.09. The molecule has 1 nitrogen and oxygen atoms in total. The van der Waals surface area contributed by atoms with Crippen LogP contribution in [0.3, 0.4) is 0 Å². The van der Waals surface area contributed by atoms with E-state index in [0.29, 0.717) is 0 Å². The highest BCUT2D eigenvalue weighted by molar-refractivity contribution is 6.01. The molecule has 0 aliphatic rings. The number of hydrogen-bond acceptors (Lipinski definition) is 1. The number of anilines is 3. The normalized spacial score (nSPS) is 11.1. The van der Waals surface area contributed by atoms with Gasteiger partial charge in [-0.1, -0.05) is 127 Å². The molecule has 0 bridgehead atoms. The standard InChI is InChI=1S/C44H31N/c1-4-10-32(11-5-1)33-16-18-34(19-17-33)36-20-22-38-31-41-29-37(21-23-39(41)30-40(38)28-36)35-24-26-44(27-25-35)45(42-12-6-2-7-13-42)43-14-8-3-9-15-43/h1-31H. The summed E-state index contributed by atoms with van der Waals surface area (Å²) in [6, 6.07) is 67.6. The molecule has 45 heavy (non-hydrogen) atoms. The maximum absolute atomic E-state index is 2.32. The van der Waals surface area contributed by atoms with E-state index in [1.807, 2.05) is 0 Å². The molecule has 0 radical (unpaired) electrons. The average Bonchev–Trinajstić information content (AvgIpc) is 3.12. The molecule has 0 heterocycles. The topological polar surface area (TPSA) is 3.24 Å². The van der Waals surface area contributed by atoms with Crippen molar-refractivity contribution in [1.29, 1.82) is 0 Å².